The lowest BCUT2D eigenvalue weighted by Crippen LogP contribution is -2.15. The highest BCUT2D eigenvalue weighted by atomic mass is 35.5. The third-order valence-corrected chi connectivity index (χ3v) is 3.77. The van der Waals surface area contributed by atoms with E-state index >= 15 is 0 Å². The van der Waals surface area contributed by atoms with Crippen LogP contribution >= 0.6 is 35.4 Å². The van der Waals surface area contributed by atoms with Crippen LogP contribution in [-0.2, 0) is 11.8 Å². The van der Waals surface area contributed by atoms with Gasteiger partial charge in [-0.2, -0.15) is 0 Å². The second-order valence-corrected chi connectivity index (χ2v) is 7.00. The summed E-state index contributed by atoms with van der Waals surface area (Å²) in [5, 5.41) is 1.27. The van der Waals surface area contributed by atoms with E-state index in [0.29, 0.717) is 21.1 Å². The molecule has 0 atom stereocenters. The highest BCUT2D eigenvalue weighted by Crippen LogP contribution is 2.24. The topological polar surface area (TPSA) is 28.7 Å². The van der Waals surface area contributed by atoms with Crippen molar-refractivity contribution >= 4 is 35.4 Å². The van der Waals surface area contributed by atoms with E-state index in [4.69, 9.17) is 35.4 Å². The Morgan fingerprint density at radius 2 is 1.90 bits per heavy atom. The molecule has 0 saturated heterocycles. The molecule has 0 amide bonds. The van der Waals surface area contributed by atoms with E-state index < -0.39 is 0 Å². The van der Waals surface area contributed by atoms with Crippen molar-refractivity contribution < 1.29 is 0 Å². The Labute approximate surface area is 134 Å². The molecule has 5 heteroatoms. The normalized spacial score (nSPS) is 11.7. The lowest BCUT2D eigenvalue weighted by molar-refractivity contribution is 0.562. The molecule has 0 fully saturated rings. The number of hydrogen-bond acceptors (Lipinski definition) is 2. The average Bonchev–Trinajstić information content (AvgIpc) is 2.31. The van der Waals surface area contributed by atoms with Gasteiger partial charge in [0, 0.05) is 27.6 Å². The van der Waals surface area contributed by atoms with Crippen molar-refractivity contribution in [2.45, 2.75) is 32.6 Å². The largest absolute Gasteiger partial charge is 0.346 e. The second kappa shape index (κ2) is 5.84. The summed E-state index contributed by atoms with van der Waals surface area (Å²) < 4.78 is 0.591. The summed E-state index contributed by atoms with van der Waals surface area (Å²) in [5.41, 5.74) is 2.03. The van der Waals surface area contributed by atoms with E-state index in [0.717, 1.165) is 17.1 Å². The number of hydrogen-bond donors (Lipinski definition) is 1. The molecule has 0 aliphatic rings. The predicted molar refractivity (Wildman–Crippen MR) is 87.4 cm³/mol. The van der Waals surface area contributed by atoms with E-state index in [1.165, 1.54) is 0 Å². The maximum absolute atomic E-state index is 6.20. The number of nitrogens with zero attached hydrogens (tertiary/aromatic N) is 1. The fourth-order valence-corrected chi connectivity index (χ4v) is 2.54. The number of benzene rings is 1. The van der Waals surface area contributed by atoms with E-state index in [2.05, 4.69) is 30.7 Å². The summed E-state index contributed by atoms with van der Waals surface area (Å²) in [6.45, 7) is 6.39. The van der Waals surface area contributed by atoms with Gasteiger partial charge in [-0.1, -0.05) is 62.3 Å². The number of rotatable bonds is 2. The molecule has 0 spiro atoms. The maximum atomic E-state index is 6.20. The van der Waals surface area contributed by atoms with Crippen molar-refractivity contribution in [3.63, 3.8) is 0 Å². The van der Waals surface area contributed by atoms with Crippen LogP contribution in [0.2, 0.25) is 10.0 Å². The van der Waals surface area contributed by atoms with Crippen LogP contribution in [0.15, 0.2) is 24.3 Å². The second-order valence-electron chi connectivity index (χ2n) is 5.74. The SMILES string of the molecule is CC(C)(C)c1cc(=S)nc(Cc2ccc(Cl)cc2Cl)[nH]1. The Morgan fingerprint density at radius 1 is 1.20 bits per heavy atom. The van der Waals surface area contributed by atoms with E-state index in [1.807, 2.05) is 18.2 Å². The zero-order valence-corrected chi connectivity index (χ0v) is 14.0. The lowest BCUT2D eigenvalue weighted by Gasteiger charge is -2.19. The van der Waals surface area contributed by atoms with Crippen LogP contribution < -0.4 is 0 Å². The molecule has 1 aromatic carbocycles. The molecule has 20 heavy (non-hydrogen) atoms. The third kappa shape index (κ3) is 3.81. The minimum atomic E-state index is -0.00492. The lowest BCUT2D eigenvalue weighted by atomic mass is 9.92. The van der Waals surface area contributed by atoms with Crippen LogP contribution in [0.5, 0.6) is 0 Å². The number of nitrogens with one attached hydrogen (secondary N) is 1. The molecule has 106 valence electrons. The van der Waals surface area contributed by atoms with Crippen LogP contribution in [0.4, 0.5) is 0 Å². The molecule has 0 radical (unpaired) electrons. The molecule has 1 N–H and O–H groups in total. The Kier molecular flexibility index (Phi) is 4.52. The monoisotopic (exact) mass is 326 g/mol. The first-order valence-electron chi connectivity index (χ1n) is 6.30. The third-order valence-electron chi connectivity index (χ3n) is 2.97. The van der Waals surface area contributed by atoms with Gasteiger partial charge in [-0.25, -0.2) is 4.98 Å². The Balaban J connectivity index is 2.39. The zero-order chi connectivity index (χ0) is 14.9. The molecule has 2 nitrogen and oxygen atoms in total. The Bertz CT molecular complexity index is 687. The fraction of sp³-hybridized carbons (Fsp3) is 0.333. The molecular weight excluding hydrogens is 311 g/mol. The molecule has 0 aliphatic heterocycles. The standard InChI is InChI=1S/C15H16Cl2N2S/c1-15(2,3)12-8-14(20)19-13(18-12)6-9-4-5-10(16)7-11(9)17/h4-5,7-8H,6H2,1-3H3,(H,18,19,20). The van der Waals surface area contributed by atoms with Gasteiger partial charge in [0.2, 0.25) is 0 Å². The van der Waals surface area contributed by atoms with Crippen LogP contribution in [-0.4, -0.2) is 9.97 Å². The molecular formula is C15H16Cl2N2S. The van der Waals surface area contributed by atoms with Gasteiger partial charge >= 0.3 is 0 Å². The van der Waals surface area contributed by atoms with Gasteiger partial charge in [0.05, 0.1) is 0 Å². The van der Waals surface area contributed by atoms with Crippen LogP contribution in [0.3, 0.4) is 0 Å². The van der Waals surface area contributed by atoms with Crippen molar-refractivity contribution in [3.8, 4) is 0 Å². The van der Waals surface area contributed by atoms with Crippen molar-refractivity contribution in [2.24, 2.45) is 0 Å². The minimum absolute atomic E-state index is 0.00492. The molecule has 1 heterocycles. The smallest absolute Gasteiger partial charge is 0.130 e. The van der Waals surface area contributed by atoms with Crippen LogP contribution in [0.1, 0.15) is 37.9 Å². The summed E-state index contributed by atoms with van der Waals surface area (Å²) >= 11 is 17.3. The van der Waals surface area contributed by atoms with Crippen molar-refractivity contribution in [3.05, 3.63) is 56.0 Å². The van der Waals surface area contributed by atoms with Gasteiger partial charge < -0.3 is 4.98 Å². The summed E-state index contributed by atoms with van der Waals surface area (Å²) in [7, 11) is 0. The molecule has 0 aliphatic carbocycles. The highest BCUT2D eigenvalue weighted by Gasteiger charge is 2.16. The summed E-state index contributed by atoms with van der Waals surface area (Å²) in [6.07, 6.45) is 0.601. The first-order valence-corrected chi connectivity index (χ1v) is 7.47. The molecule has 0 saturated carbocycles. The molecule has 0 unspecified atom stereocenters. The zero-order valence-electron chi connectivity index (χ0n) is 11.6. The molecule has 2 rings (SSSR count). The summed E-state index contributed by atoms with van der Waals surface area (Å²) in [5.74, 6) is 0.812. The Morgan fingerprint density at radius 3 is 2.50 bits per heavy atom. The fourth-order valence-electron chi connectivity index (χ4n) is 1.84. The van der Waals surface area contributed by atoms with Gasteiger partial charge in [-0.3, -0.25) is 0 Å². The maximum Gasteiger partial charge on any atom is 0.130 e. The van der Waals surface area contributed by atoms with Crippen molar-refractivity contribution in [1.29, 1.82) is 0 Å². The molecule has 2 aromatic rings. The quantitative estimate of drug-likeness (QED) is 0.755. The van der Waals surface area contributed by atoms with Gasteiger partial charge in [-0.05, 0) is 23.8 Å². The first kappa shape index (κ1) is 15.5. The van der Waals surface area contributed by atoms with Crippen molar-refractivity contribution in [1.82, 2.24) is 9.97 Å². The molecule has 0 bridgehead atoms. The Hall–Kier alpha value is -0.900. The molecule has 1 aromatic heterocycles. The number of H-pyrrole nitrogens is 1. The number of aromatic nitrogens is 2. The number of aromatic amines is 1. The van der Waals surface area contributed by atoms with Gasteiger partial charge in [-0.15, -0.1) is 0 Å². The first-order chi connectivity index (χ1) is 9.25. The van der Waals surface area contributed by atoms with Crippen molar-refractivity contribution in [2.75, 3.05) is 0 Å². The van der Waals surface area contributed by atoms with Gasteiger partial charge in [0.25, 0.3) is 0 Å². The van der Waals surface area contributed by atoms with Gasteiger partial charge in [0.15, 0.2) is 0 Å². The predicted octanol–water partition coefficient (Wildman–Crippen LogP) is 5.33. The average molecular weight is 327 g/mol. The minimum Gasteiger partial charge on any atom is -0.346 e. The van der Waals surface area contributed by atoms with E-state index in [-0.39, 0.29) is 5.41 Å². The van der Waals surface area contributed by atoms with Crippen LogP contribution in [0, 0.1) is 4.64 Å². The summed E-state index contributed by atoms with van der Waals surface area (Å²) in [4.78, 5) is 7.72. The van der Waals surface area contributed by atoms with E-state index in [1.54, 1.807) is 6.07 Å². The van der Waals surface area contributed by atoms with E-state index in [9.17, 15) is 0 Å². The highest BCUT2D eigenvalue weighted by molar-refractivity contribution is 7.71. The summed E-state index contributed by atoms with van der Waals surface area (Å²) in [6, 6.07) is 7.38. The number of halogens is 2. The van der Waals surface area contributed by atoms with Gasteiger partial charge in [0.1, 0.15) is 10.5 Å². The van der Waals surface area contributed by atoms with Crippen LogP contribution in [0.25, 0.3) is 0 Å².